The number of carbonyl (C=O) groups is 4. The molecule has 2 atom stereocenters. The summed E-state index contributed by atoms with van der Waals surface area (Å²) in [5.41, 5.74) is -0.619. The topological polar surface area (TPSA) is 106 Å². The third kappa shape index (κ3) is 3.01. The van der Waals surface area contributed by atoms with Gasteiger partial charge in [0.1, 0.15) is 11.4 Å². The van der Waals surface area contributed by atoms with Crippen LogP contribution in [0, 0.1) is 23.7 Å². The fourth-order valence-electron chi connectivity index (χ4n) is 4.19. The summed E-state index contributed by atoms with van der Waals surface area (Å²) in [5, 5.41) is 2.82. The molecule has 0 radical (unpaired) electrons. The highest BCUT2D eigenvalue weighted by Crippen LogP contribution is 2.59. The summed E-state index contributed by atoms with van der Waals surface area (Å²) in [4.78, 5) is 55.7. The molecule has 9 heteroatoms. The largest absolute Gasteiger partial charge is 0.462 e. The van der Waals surface area contributed by atoms with E-state index in [1.54, 1.807) is 13.8 Å². The minimum absolute atomic E-state index is 0.233. The van der Waals surface area contributed by atoms with E-state index in [1.807, 2.05) is 20.8 Å². The Morgan fingerprint density at radius 1 is 1.32 bits per heavy atom. The van der Waals surface area contributed by atoms with Crippen molar-refractivity contribution in [3.63, 3.8) is 0 Å². The highest BCUT2D eigenvalue weighted by atomic mass is 32.1. The van der Waals surface area contributed by atoms with Crippen LogP contribution >= 0.6 is 11.3 Å². The number of nitrogens with one attached hydrogen (secondary N) is 1. The number of amides is 3. The number of hydrogen-bond donors (Lipinski definition) is 1. The fraction of sp³-hybridized carbons (Fsp3) is 0.632. The lowest BCUT2D eigenvalue weighted by atomic mass is 9.62. The minimum Gasteiger partial charge on any atom is -0.462 e. The molecule has 1 N–H and O–H groups in total. The maximum Gasteiger partial charge on any atom is 0.350 e. The summed E-state index contributed by atoms with van der Waals surface area (Å²) in [5.74, 6) is -1.86. The number of thiazole rings is 1. The highest BCUT2D eigenvalue weighted by Gasteiger charge is 2.64. The third-order valence-electron chi connectivity index (χ3n) is 6.31. The second-order valence-electron chi connectivity index (χ2n) is 8.08. The number of anilines is 1. The zero-order valence-corrected chi connectivity index (χ0v) is 17.6. The first-order chi connectivity index (χ1) is 13.0. The van der Waals surface area contributed by atoms with Crippen molar-refractivity contribution >= 4 is 40.2 Å². The van der Waals surface area contributed by atoms with Crippen molar-refractivity contribution in [2.75, 3.05) is 18.5 Å². The van der Waals surface area contributed by atoms with E-state index in [0.717, 1.165) is 16.2 Å². The zero-order valence-electron chi connectivity index (χ0n) is 16.7. The number of imide groups is 1. The second kappa shape index (κ2) is 6.95. The number of aromatic nitrogens is 1. The molecule has 0 aromatic carbocycles. The molecule has 8 nitrogen and oxygen atoms in total. The van der Waals surface area contributed by atoms with E-state index in [9.17, 15) is 19.2 Å². The molecule has 2 fully saturated rings. The van der Waals surface area contributed by atoms with Gasteiger partial charge in [-0.25, -0.2) is 9.78 Å². The van der Waals surface area contributed by atoms with Gasteiger partial charge in [0, 0.05) is 5.92 Å². The molecule has 2 bridgehead atoms. The van der Waals surface area contributed by atoms with Gasteiger partial charge in [-0.1, -0.05) is 32.1 Å². The van der Waals surface area contributed by atoms with Gasteiger partial charge in [0.15, 0.2) is 5.13 Å². The van der Waals surface area contributed by atoms with Crippen molar-refractivity contribution < 1.29 is 23.9 Å². The van der Waals surface area contributed by atoms with E-state index in [0.29, 0.717) is 23.4 Å². The summed E-state index contributed by atoms with van der Waals surface area (Å²) in [6, 6.07) is 0. The van der Waals surface area contributed by atoms with Crippen LogP contribution in [0.1, 0.15) is 55.9 Å². The monoisotopic (exact) mass is 407 g/mol. The summed E-state index contributed by atoms with van der Waals surface area (Å²) in [6.07, 6.45) is 1.29. The van der Waals surface area contributed by atoms with E-state index >= 15 is 0 Å². The first-order valence-electron chi connectivity index (χ1n) is 9.33. The number of nitrogens with zero attached hydrogens (tertiary/aromatic N) is 2. The molecule has 3 amide bonds. The molecule has 1 saturated heterocycles. The predicted octanol–water partition coefficient (Wildman–Crippen LogP) is 2.38. The Morgan fingerprint density at radius 2 is 2.00 bits per heavy atom. The van der Waals surface area contributed by atoms with E-state index in [2.05, 4.69) is 10.3 Å². The lowest BCUT2D eigenvalue weighted by molar-refractivity contribution is -0.168. The molecule has 1 aromatic rings. The first-order valence-corrected chi connectivity index (χ1v) is 10.1. The lowest BCUT2D eigenvalue weighted by Gasteiger charge is -2.47. The first kappa shape index (κ1) is 20.4. The van der Waals surface area contributed by atoms with E-state index in [1.165, 1.54) is 0 Å². The van der Waals surface area contributed by atoms with Gasteiger partial charge in [0.05, 0.1) is 17.7 Å². The molecule has 3 rings (SSSR count). The van der Waals surface area contributed by atoms with Crippen LogP contribution in [-0.4, -0.2) is 46.7 Å². The Bertz CT molecular complexity index is 862. The van der Waals surface area contributed by atoms with Crippen LogP contribution in [0.3, 0.4) is 0 Å². The predicted molar refractivity (Wildman–Crippen MR) is 103 cm³/mol. The smallest absolute Gasteiger partial charge is 0.350 e. The quantitative estimate of drug-likeness (QED) is 0.593. The lowest BCUT2D eigenvalue weighted by Crippen LogP contribution is -2.60. The van der Waals surface area contributed by atoms with Crippen LogP contribution in [0.4, 0.5) is 5.13 Å². The van der Waals surface area contributed by atoms with Gasteiger partial charge in [-0.2, -0.15) is 0 Å². The standard InChI is InChI=1S/C19H25N3O5S/c1-6-27-15(25)13-10(2)20-17(28-13)21-12(23)9-22-14(24)11-7-8-19(5,16(22)26)18(11,3)4/h11H,6-9H2,1-5H3,(H,20,21,23). The van der Waals surface area contributed by atoms with Gasteiger partial charge < -0.3 is 10.1 Å². The van der Waals surface area contributed by atoms with Crippen molar-refractivity contribution in [1.29, 1.82) is 0 Å². The fourth-order valence-corrected chi connectivity index (χ4v) is 5.07. The second-order valence-corrected chi connectivity index (χ2v) is 9.08. The number of esters is 1. The van der Waals surface area contributed by atoms with Crippen LogP contribution in [0.2, 0.25) is 0 Å². The van der Waals surface area contributed by atoms with E-state index < -0.39 is 22.7 Å². The Morgan fingerprint density at radius 3 is 2.64 bits per heavy atom. The van der Waals surface area contributed by atoms with Crippen molar-refractivity contribution in [1.82, 2.24) is 9.88 Å². The Balaban J connectivity index is 1.72. The molecule has 1 saturated carbocycles. The number of carbonyl (C=O) groups excluding carboxylic acids is 4. The molecule has 1 aliphatic carbocycles. The third-order valence-corrected chi connectivity index (χ3v) is 7.37. The molecule has 1 aromatic heterocycles. The van der Waals surface area contributed by atoms with Gasteiger partial charge in [0.25, 0.3) is 0 Å². The van der Waals surface area contributed by atoms with Crippen molar-refractivity contribution in [3.8, 4) is 0 Å². The van der Waals surface area contributed by atoms with Gasteiger partial charge in [0.2, 0.25) is 17.7 Å². The molecule has 152 valence electrons. The summed E-state index contributed by atoms with van der Waals surface area (Å²) >= 11 is 1.01. The number of rotatable bonds is 5. The molecule has 2 heterocycles. The zero-order chi connectivity index (χ0) is 20.9. The number of fused-ring (bicyclic) bond motifs is 2. The molecule has 2 aliphatic rings. The molecular formula is C19H25N3O5S. The van der Waals surface area contributed by atoms with Crippen molar-refractivity contribution in [3.05, 3.63) is 10.6 Å². The van der Waals surface area contributed by atoms with Gasteiger partial charge in [-0.3, -0.25) is 19.3 Å². The average molecular weight is 407 g/mol. The minimum atomic E-state index is -0.652. The Hall–Kier alpha value is -2.29. The van der Waals surface area contributed by atoms with Gasteiger partial charge in [-0.15, -0.1) is 0 Å². The van der Waals surface area contributed by atoms with Gasteiger partial charge in [-0.05, 0) is 32.1 Å². The molecular weight excluding hydrogens is 382 g/mol. The molecule has 0 spiro atoms. The number of hydrogen-bond acceptors (Lipinski definition) is 7. The summed E-state index contributed by atoms with van der Waals surface area (Å²) < 4.78 is 4.96. The number of piperidine rings is 1. The maximum absolute atomic E-state index is 13.0. The highest BCUT2D eigenvalue weighted by molar-refractivity contribution is 7.17. The van der Waals surface area contributed by atoms with Crippen molar-refractivity contribution in [2.24, 2.45) is 16.7 Å². The normalized spacial score (nSPS) is 25.8. The van der Waals surface area contributed by atoms with Crippen molar-refractivity contribution in [2.45, 2.75) is 47.5 Å². The maximum atomic E-state index is 13.0. The van der Waals surface area contributed by atoms with E-state index in [-0.39, 0.29) is 36.0 Å². The summed E-state index contributed by atoms with van der Waals surface area (Å²) in [6.45, 7) is 9.03. The number of aryl methyl sites for hydroxylation is 1. The Labute approximate surface area is 167 Å². The van der Waals surface area contributed by atoms with Gasteiger partial charge >= 0.3 is 5.97 Å². The summed E-state index contributed by atoms with van der Waals surface area (Å²) in [7, 11) is 0. The SMILES string of the molecule is CCOC(=O)c1sc(NC(=O)CN2C(=O)C3CCC(C)(C2=O)C3(C)C)nc1C. The van der Waals surface area contributed by atoms with Crippen LogP contribution in [0.15, 0.2) is 0 Å². The van der Waals surface area contributed by atoms with Crippen LogP contribution in [0.5, 0.6) is 0 Å². The van der Waals surface area contributed by atoms with Crippen LogP contribution in [0.25, 0.3) is 0 Å². The molecule has 2 unspecified atom stereocenters. The van der Waals surface area contributed by atoms with Crippen LogP contribution < -0.4 is 5.32 Å². The molecule has 28 heavy (non-hydrogen) atoms. The Kier molecular flexibility index (Phi) is 5.07. The number of ether oxygens (including phenoxy) is 1. The number of likely N-dealkylation sites (tertiary alicyclic amines) is 1. The average Bonchev–Trinajstić information content (AvgIpc) is 3.06. The molecule has 1 aliphatic heterocycles. The van der Waals surface area contributed by atoms with E-state index in [4.69, 9.17) is 4.74 Å². The van der Waals surface area contributed by atoms with Crippen LogP contribution in [-0.2, 0) is 19.1 Å².